The largest absolute Gasteiger partial charge is 0.298 e. The number of Topliss-reactive ketones (excluding diaryl/α,β-unsaturated/α-hetero) is 1. The molecule has 1 aliphatic heterocycles. The Bertz CT molecular complexity index is 367. The monoisotopic (exact) mass is 245 g/mol. The molecule has 2 atom stereocenters. The average molecular weight is 245 g/mol. The number of carbonyl (C=O) groups is 4. The molecular weight excluding hydrogens is 234 g/mol. The van der Waals surface area contributed by atoms with E-state index in [2.05, 4.69) is 0 Å². The number of hydroxylamine groups is 2. The topological polar surface area (TPSA) is 91.8 Å². The van der Waals surface area contributed by atoms with Gasteiger partial charge in [0, 0.05) is 13.3 Å². The third-order valence-electron chi connectivity index (χ3n) is 2.21. The molecule has 1 fully saturated rings. The number of thioether (sulfide) groups is 1. The van der Waals surface area contributed by atoms with Crippen LogP contribution in [0.15, 0.2) is 0 Å². The fourth-order valence-electron chi connectivity index (χ4n) is 1.43. The van der Waals surface area contributed by atoms with Gasteiger partial charge in [0.25, 0.3) is 11.8 Å². The number of nitrogens with zero attached hydrogens (tertiary/aromatic N) is 1. The highest BCUT2D eigenvalue weighted by atomic mass is 32.2. The summed E-state index contributed by atoms with van der Waals surface area (Å²) < 4.78 is 0. The van der Waals surface area contributed by atoms with Crippen LogP contribution in [-0.2, 0) is 19.2 Å². The summed E-state index contributed by atoms with van der Waals surface area (Å²) in [4.78, 5) is 44.7. The molecule has 0 aromatic rings. The molecule has 1 heterocycles. The van der Waals surface area contributed by atoms with Crippen LogP contribution in [0.2, 0.25) is 0 Å². The number of rotatable bonds is 3. The first-order chi connectivity index (χ1) is 7.34. The molecule has 0 bridgehead atoms. The standard InChI is InChI=1S/C9H11NO5S/c1-4(16-5(2)11)8(13)6-3-7(12)10(15)9(6)14/h4,6,15H,3H2,1-2H3. The molecule has 0 aliphatic carbocycles. The first-order valence-electron chi connectivity index (χ1n) is 4.61. The second kappa shape index (κ2) is 4.75. The summed E-state index contributed by atoms with van der Waals surface area (Å²) in [6.07, 6.45) is -0.322. The maximum atomic E-state index is 11.7. The molecule has 6 nitrogen and oxygen atoms in total. The van der Waals surface area contributed by atoms with Crippen LogP contribution >= 0.6 is 11.8 Å². The van der Waals surface area contributed by atoms with Gasteiger partial charge in [-0.2, -0.15) is 5.06 Å². The first kappa shape index (κ1) is 12.9. The van der Waals surface area contributed by atoms with Crippen molar-refractivity contribution in [3.05, 3.63) is 0 Å². The Morgan fingerprint density at radius 3 is 2.44 bits per heavy atom. The van der Waals surface area contributed by atoms with Crippen molar-refractivity contribution in [3.63, 3.8) is 0 Å². The minimum absolute atomic E-state index is 0.0340. The molecule has 16 heavy (non-hydrogen) atoms. The predicted molar refractivity (Wildman–Crippen MR) is 54.5 cm³/mol. The molecule has 0 aromatic heterocycles. The number of imide groups is 1. The summed E-state index contributed by atoms with van der Waals surface area (Å²) in [7, 11) is 0. The SMILES string of the molecule is CC(=O)SC(C)C(=O)C1CC(=O)N(O)C1=O. The third kappa shape index (κ3) is 2.48. The quantitative estimate of drug-likeness (QED) is 0.427. The van der Waals surface area contributed by atoms with Crippen LogP contribution in [0.3, 0.4) is 0 Å². The van der Waals surface area contributed by atoms with Crippen molar-refractivity contribution in [2.75, 3.05) is 0 Å². The summed E-state index contributed by atoms with van der Waals surface area (Å²) in [6, 6.07) is 0. The van der Waals surface area contributed by atoms with Crippen LogP contribution in [0.5, 0.6) is 0 Å². The van der Waals surface area contributed by atoms with Crippen molar-refractivity contribution >= 4 is 34.5 Å². The average Bonchev–Trinajstić information content (AvgIpc) is 2.44. The smallest absolute Gasteiger partial charge is 0.264 e. The Morgan fingerprint density at radius 1 is 1.50 bits per heavy atom. The lowest BCUT2D eigenvalue weighted by Crippen LogP contribution is -2.32. The van der Waals surface area contributed by atoms with Gasteiger partial charge >= 0.3 is 0 Å². The van der Waals surface area contributed by atoms with E-state index in [1.54, 1.807) is 0 Å². The van der Waals surface area contributed by atoms with E-state index in [0.29, 0.717) is 0 Å². The molecule has 0 saturated carbocycles. The lowest BCUT2D eigenvalue weighted by molar-refractivity contribution is -0.172. The van der Waals surface area contributed by atoms with Gasteiger partial charge in [0.1, 0.15) is 5.92 Å². The van der Waals surface area contributed by atoms with E-state index in [9.17, 15) is 19.2 Å². The van der Waals surface area contributed by atoms with Crippen molar-refractivity contribution in [2.45, 2.75) is 25.5 Å². The van der Waals surface area contributed by atoms with Crippen LogP contribution < -0.4 is 0 Å². The molecular formula is C9H11NO5S. The normalized spacial score (nSPS) is 22.4. The fourth-order valence-corrected chi connectivity index (χ4v) is 2.21. The summed E-state index contributed by atoms with van der Waals surface area (Å²) >= 11 is 0.802. The second-order valence-corrected chi connectivity index (χ2v) is 4.97. The maximum absolute atomic E-state index is 11.7. The van der Waals surface area contributed by atoms with E-state index in [1.165, 1.54) is 13.8 Å². The van der Waals surface area contributed by atoms with E-state index < -0.39 is 28.8 Å². The third-order valence-corrected chi connectivity index (χ3v) is 3.13. The van der Waals surface area contributed by atoms with E-state index in [0.717, 1.165) is 11.8 Å². The van der Waals surface area contributed by atoms with Gasteiger partial charge in [-0.25, -0.2) is 0 Å². The molecule has 0 spiro atoms. The van der Waals surface area contributed by atoms with Gasteiger partial charge in [0.2, 0.25) is 0 Å². The van der Waals surface area contributed by atoms with Gasteiger partial charge in [-0.3, -0.25) is 24.4 Å². The van der Waals surface area contributed by atoms with Crippen molar-refractivity contribution < 1.29 is 24.4 Å². The van der Waals surface area contributed by atoms with E-state index in [-0.39, 0.29) is 16.6 Å². The number of hydrogen-bond acceptors (Lipinski definition) is 6. The second-order valence-electron chi connectivity index (χ2n) is 3.45. The molecule has 1 aliphatic rings. The van der Waals surface area contributed by atoms with Gasteiger partial charge in [0.15, 0.2) is 10.9 Å². The molecule has 7 heteroatoms. The number of ketones is 1. The Labute approximate surface area is 95.9 Å². The van der Waals surface area contributed by atoms with Crippen LogP contribution in [-0.4, -0.2) is 38.2 Å². The lowest BCUT2D eigenvalue weighted by atomic mass is 10.0. The van der Waals surface area contributed by atoms with Gasteiger partial charge in [0.05, 0.1) is 5.25 Å². The summed E-state index contributed by atoms with van der Waals surface area (Å²) in [5.74, 6) is -3.36. The molecule has 1 saturated heterocycles. The molecule has 1 rings (SSSR count). The lowest BCUT2D eigenvalue weighted by Gasteiger charge is -2.11. The van der Waals surface area contributed by atoms with E-state index in [1.807, 2.05) is 0 Å². The van der Waals surface area contributed by atoms with Gasteiger partial charge in [-0.1, -0.05) is 11.8 Å². The van der Waals surface area contributed by atoms with Crippen molar-refractivity contribution in [1.82, 2.24) is 5.06 Å². The Hall–Kier alpha value is -1.21. The highest BCUT2D eigenvalue weighted by molar-refractivity contribution is 8.14. The Balaban J connectivity index is 2.72. The number of carbonyl (C=O) groups excluding carboxylic acids is 4. The van der Waals surface area contributed by atoms with Crippen LogP contribution in [0.25, 0.3) is 0 Å². The van der Waals surface area contributed by atoms with Gasteiger partial charge in [-0.15, -0.1) is 0 Å². The molecule has 88 valence electrons. The molecule has 0 radical (unpaired) electrons. The zero-order chi connectivity index (χ0) is 12.5. The summed E-state index contributed by atoms with van der Waals surface area (Å²) in [5, 5.41) is 8.00. The summed E-state index contributed by atoms with van der Waals surface area (Å²) in [5.41, 5.74) is 0. The molecule has 2 unspecified atom stereocenters. The van der Waals surface area contributed by atoms with Crippen molar-refractivity contribution in [1.29, 1.82) is 0 Å². The fraction of sp³-hybridized carbons (Fsp3) is 0.556. The molecule has 1 N–H and O–H groups in total. The van der Waals surface area contributed by atoms with Crippen LogP contribution in [0, 0.1) is 5.92 Å². The van der Waals surface area contributed by atoms with Gasteiger partial charge < -0.3 is 0 Å². The Kier molecular flexibility index (Phi) is 3.82. The van der Waals surface area contributed by atoms with E-state index in [4.69, 9.17) is 5.21 Å². The highest BCUT2D eigenvalue weighted by Gasteiger charge is 2.44. The maximum Gasteiger partial charge on any atom is 0.264 e. The van der Waals surface area contributed by atoms with Crippen molar-refractivity contribution in [2.24, 2.45) is 5.92 Å². The highest BCUT2D eigenvalue weighted by Crippen LogP contribution is 2.24. The van der Waals surface area contributed by atoms with Gasteiger partial charge in [-0.05, 0) is 6.92 Å². The van der Waals surface area contributed by atoms with Crippen LogP contribution in [0.4, 0.5) is 0 Å². The molecule has 2 amide bonds. The predicted octanol–water partition coefficient (Wildman–Crippen LogP) is -0.0120. The van der Waals surface area contributed by atoms with E-state index >= 15 is 0 Å². The number of hydrogen-bond donors (Lipinski definition) is 1. The minimum Gasteiger partial charge on any atom is -0.298 e. The number of amides is 2. The Morgan fingerprint density at radius 2 is 2.06 bits per heavy atom. The summed E-state index contributed by atoms with van der Waals surface area (Å²) in [6.45, 7) is 2.81. The van der Waals surface area contributed by atoms with Crippen LogP contribution in [0.1, 0.15) is 20.3 Å². The zero-order valence-corrected chi connectivity index (χ0v) is 9.61. The minimum atomic E-state index is -1.15. The van der Waals surface area contributed by atoms with Crippen molar-refractivity contribution in [3.8, 4) is 0 Å². The first-order valence-corrected chi connectivity index (χ1v) is 5.49. The molecule has 0 aromatic carbocycles. The zero-order valence-electron chi connectivity index (χ0n) is 8.80.